The minimum atomic E-state index is 0.128. The molecule has 0 saturated heterocycles. The zero-order valence-corrected chi connectivity index (χ0v) is 13.1. The van der Waals surface area contributed by atoms with Gasteiger partial charge in [0.2, 0.25) is 5.91 Å². The summed E-state index contributed by atoms with van der Waals surface area (Å²) in [5, 5.41) is 6.50. The van der Waals surface area contributed by atoms with Gasteiger partial charge in [-0.2, -0.15) is 0 Å². The van der Waals surface area contributed by atoms with Crippen molar-refractivity contribution in [2.75, 3.05) is 6.54 Å². The Kier molecular flexibility index (Phi) is 6.74. The zero-order chi connectivity index (χ0) is 14.9. The fraction of sp³-hybridized carbons (Fsp3) is 0.611. The highest BCUT2D eigenvalue weighted by atomic mass is 16.1. The molecule has 1 aromatic carbocycles. The van der Waals surface area contributed by atoms with E-state index in [0.717, 1.165) is 12.8 Å². The van der Waals surface area contributed by atoms with Crippen molar-refractivity contribution in [2.24, 2.45) is 0 Å². The molecule has 21 heavy (non-hydrogen) atoms. The Morgan fingerprint density at radius 3 is 2.38 bits per heavy atom. The molecule has 1 aromatic rings. The summed E-state index contributed by atoms with van der Waals surface area (Å²) < 4.78 is 0. The van der Waals surface area contributed by atoms with Gasteiger partial charge in [-0.3, -0.25) is 4.79 Å². The van der Waals surface area contributed by atoms with Crippen molar-refractivity contribution in [2.45, 2.75) is 64.0 Å². The molecule has 1 atom stereocenters. The van der Waals surface area contributed by atoms with Crippen molar-refractivity contribution in [1.82, 2.24) is 10.6 Å². The first kappa shape index (κ1) is 16.0. The summed E-state index contributed by atoms with van der Waals surface area (Å²) >= 11 is 0. The fourth-order valence-electron chi connectivity index (χ4n) is 2.98. The summed E-state index contributed by atoms with van der Waals surface area (Å²) in [5.74, 6) is 0.128. The van der Waals surface area contributed by atoms with E-state index >= 15 is 0 Å². The number of hydrogen-bond donors (Lipinski definition) is 2. The van der Waals surface area contributed by atoms with Gasteiger partial charge in [0.25, 0.3) is 0 Å². The molecule has 1 amide bonds. The molecule has 0 bridgehead atoms. The molecule has 0 radical (unpaired) electrons. The maximum Gasteiger partial charge on any atom is 0.234 e. The van der Waals surface area contributed by atoms with Crippen LogP contribution < -0.4 is 10.6 Å². The molecule has 3 nitrogen and oxygen atoms in total. The lowest BCUT2D eigenvalue weighted by Crippen LogP contribution is -2.41. The lowest BCUT2D eigenvalue weighted by atomic mass is 9.97. The van der Waals surface area contributed by atoms with Gasteiger partial charge in [0.1, 0.15) is 0 Å². The molecule has 1 fully saturated rings. The smallest absolute Gasteiger partial charge is 0.234 e. The van der Waals surface area contributed by atoms with Crippen LogP contribution in [0.5, 0.6) is 0 Å². The van der Waals surface area contributed by atoms with E-state index in [4.69, 9.17) is 0 Å². The topological polar surface area (TPSA) is 41.1 Å². The van der Waals surface area contributed by atoms with Crippen LogP contribution in [0.2, 0.25) is 0 Å². The Bertz CT molecular complexity index is 410. The molecule has 2 rings (SSSR count). The Morgan fingerprint density at radius 2 is 1.71 bits per heavy atom. The number of carbonyl (C=O) groups excluding carboxylic acids is 1. The quantitative estimate of drug-likeness (QED) is 0.869. The second kappa shape index (κ2) is 8.83. The van der Waals surface area contributed by atoms with E-state index in [1.807, 2.05) is 18.2 Å². The second-order valence-corrected chi connectivity index (χ2v) is 6.12. The normalized spacial score (nSPS) is 18.5. The first-order chi connectivity index (χ1) is 10.3. The van der Waals surface area contributed by atoms with Crippen LogP contribution >= 0.6 is 0 Å². The maximum atomic E-state index is 12.1. The Balaban J connectivity index is 1.71. The molecule has 0 aliphatic heterocycles. The SMILES string of the molecule is CC(NCC(=O)NC1CCCCCCC1)c1ccccc1. The highest BCUT2D eigenvalue weighted by Crippen LogP contribution is 2.17. The summed E-state index contributed by atoms with van der Waals surface area (Å²) in [5.41, 5.74) is 1.22. The average Bonchev–Trinajstić information content (AvgIpc) is 2.48. The summed E-state index contributed by atoms with van der Waals surface area (Å²) in [6, 6.07) is 10.8. The van der Waals surface area contributed by atoms with Crippen molar-refractivity contribution in [3.63, 3.8) is 0 Å². The molecule has 1 saturated carbocycles. The molecule has 3 heteroatoms. The second-order valence-electron chi connectivity index (χ2n) is 6.12. The van der Waals surface area contributed by atoms with Crippen LogP contribution in [0.25, 0.3) is 0 Å². The number of nitrogens with one attached hydrogen (secondary N) is 2. The van der Waals surface area contributed by atoms with Crippen LogP contribution in [0.4, 0.5) is 0 Å². The third-order valence-corrected chi connectivity index (χ3v) is 4.34. The van der Waals surface area contributed by atoms with E-state index in [1.165, 1.54) is 37.7 Å². The van der Waals surface area contributed by atoms with Crippen molar-refractivity contribution in [1.29, 1.82) is 0 Å². The molecule has 1 aliphatic rings. The van der Waals surface area contributed by atoms with Gasteiger partial charge in [0.05, 0.1) is 6.54 Å². The van der Waals surface area contributed by atoms with E-state index in [1.54, 1.807) is 0 Å². The average molecular weight is 288 g/mol. The van der Waals surface area contributed by atoms with E-state index in [2.05, 4.69) is 29.7 Å². The van der Waals surface area contributed by atoms with Gasteiger partial charge < -0.3 is 10.6 Å². The monoisotopic (exact) mass is 288 g/mol. The van der Waals surface area contributed by atoms with Crippen molar-refractivity contribution in [3.8, 4) is 0 Å². The maximum absolute atomic E-state index is 12.1. The molecule has 0 aromatic heterocycles. The highest BCUT2D eigenvalue weighted by molar-refractivity contribution is 5.78. The third-order valence-electron chi connectivity index (χ3n) is 4.34. The van der Waals surface area contributed by atoms with Gasteiger partial charge >= 0.3 is 0 Å². The van der Waals surface area contributed by atoms with Crippen molar-refractivity contribution >= 4 is 5.91 Å². The fourth-order valence-corrected chi connectivity index (χ4v) is 2.98. The summed E-state index contributed by atoms with van der Waals surface area (Å²) in [4.78, 5) is 12.1. The van der Waals surface area contributed by atoms with E-state index in [-0.39, 0.29) is 11.9 Å². The predicted molar refractivity (Wildman–Crippen MR) is 87.1 cm³/mol. The Labute approximate surface area is 128 Å². The number of benzene rings is 1. The van der Waals surface area contributed by atoms with Crippen LogP contribution in [0.15, 0.2) is 30.3 Å². The summed E-state index contributed by atoms with van der Waals surface area (Å²) in [6.45, 7) is 2.49. The molecule has 0 heterocycles. The molecule has 116 valence electrons. The first-order valence-corrected chi connectivity index (χ1v) is 8.33. The van der Waals surface area contributed by atoms with Crippen LogP contribution in [-0.2, 0) is 4.79 Å². The number of rotatable bonds is 5. The number of carbonyl (C=O) groups is 1. The van der Waals surface area contributed by atoms with Gasteiger partial charge in [0.15, 0.2) is 0 Å². The van der Waals surface area contributed by atoms with Crippen LogP contribution in [-0.4, -0.2) is 18.5 Å². The molecular weight excluding hydrogens is 260 g/mol. The molecular formula is C18H28N2O. The third kappa shape index (κ3) is 5.88. The van der Waals surface area contributed by atoms with E-state index in [9.17, 15) is 4.79 Å². The van der Waals surface area contributed by atoms with Gasteiger partial charge in [-0.25, -0.2) is 0 Å². The molecule has 1 aliphatic carbocycles. The van der Waals surface area contributed by atoms with Gasteiger partial charge in [-0.1, -0.05) is 62.4 Å². The largest absolute Gasteiger partial charge is 0.352 e. The van der Waals surface area contributed by atoms with E-state index in [0.29, 0.717) is 12.6 Å². The lowest BCUT2D eigenvalue weighted by molar-refractivity contribution is -0.121. The van der Waals surface area contributed by atoms with Gasteiger partial charge in [-0.15, -0.1) is 0 Å². The van der Waals surface area contributed by atoms with Crippen LogP contribution in [0.1, 0.15) is 63.5 Å². The minimum Gasteiger partial charge on any atom is -0.352 e. The number of hydrogen-bond acceptors (Lipinski definition) is 2. The number of amides is 1. The minimum absolute atomic E-state index is 0.128. The lowest BCUT2D eigenvalue weighted by Gasteiger charge is -2.22. The van der Waals surface area contributed by atoms with Crippen molar-refractivity contribution in [3.05, 3.63) is 35.9 Å². The predicted octanol–water partition coefficient (Wildman–Crippen LogP) is 3.57. The van der Waals surface area contributed by atoms with Gasteiger partial charge in [-0.05, 0) is 25.3 Å². The van der Waals surface area contributed by atoms with Crippen molar-refractivity contribution < 1.29 is 4.79 Å². The van der Waals surface area contributed by atoms with Crippen LogP contribution in [0.3, 0.4) is 0 Å². The molecule has 2 N–H and O–H groups in total. The Morgan fingerprint density at radius 1 is 1.10 bits per heavy atom. The summed E-state index contributed by atoms with van der Waals surface area (Å²) in [7, 11) is 0. The van der Waals surface area contributed by atoms with Crippen LogP contribution in [0, 0.1) is 0 Å². The summed E-state index contributed by atoms with van der Waals surface area (Å²) in [6.07, 6.45) is 8.76. The van der Waals surface area contributed by atoms with Gasteiger partial charge in [0, 0.05) is 12.1 Å². The zero-order valence-electron chi connectivity index (χ0n) is 13.1. The first-order valence-electron chi connectivity index (χ1n) is 8.33. The molecule has 1 unspecified atom stereocenters. The molecule has 0 spiro atoms. The Hall–Kier alpha value is -1.35. The standard InChI is InChI=1S/C18H28N2O/c1-15(16-10-6-5-7-11-16)19-14-18(21)20-17-12-8-3-2-4-9-13-17/h5-7,10-11,15,17,19H,2-4,8-9,12-14H2,1H3,(H,20,21). The highest BCUT2D eigenvalue weighted by Gasteiger charge is 2.14. The van der Waals surface area contributed by atoms with E-state index < -0.39 is 0 Å².